The van der Waals surface area contributed by atoms with E-state index >= 15 is 0 Å². The molecule has 1 aromatic rings. The minimum atomic E-state index is -3.26. The quantitative estimate of drug-likeness (QED) is 0.744. The van der Waals surface area contributed by atoms with Gasteiger partial charge >= 0.3 is 0 Å². The van der Waals surface area contributed by atoms with Gasteiger partial charge in [-0.25, -0.2) is 13.1 Å². The normalized spacial score (nSPS) is 22.3. The topological polar surface area (TPSA) is 67.9 Å². The lowest BCUT2D eigenvalue weighted by molar-refractivity contribution is -0.00535. The molecule has 0 bridgehead atoms. The Bertz CT molecular complexity index is 691. The highest BCUT2D eigenvalue weighted by atomic mass is 32.2. The van der Waals surface area contributed by atoms with Gasteiger partial charge in [0.2, 0.25) is 10.0 Å². The number of methoxy groups -OCH3 is 1. The summed E-state index contributed by atoms with van der Waals surface area (Å²) in [5.74, 6) is 0.878. The van der Waals surface area contributed by atoms with Crippen LogP contribution in [0.2, 0.25) is 0 Å². The fraction of sp³-hybridized carbons (Fsp3) is 0.684. The lowest BCUT2D eigenvalue weighted by atomic mass is 9.95. The molecule has 2 rings (SSSR count). The summed E-state index contributed by atoms with van der Waals surface area (Å²) in [5, 5.41) is 0. The Morgan fingerprint density at radius 1 is 1.31 bits per heavy atom. The van der Waals surface area contributed by atoms with E-state index in [1.807, 2.05) is 31.2 Å². The molecule has 0 unspecified atom stereocenters. The summed E-state index contributed by atoms with van der Waals surface area (Å²) in [7, 11) is -1.61. The van der Waals surface area contributed by atoms with Gasteiger partial charge in [0.1, 0.15) is 11.4 Å². The van der Waals surface area contributed by atoms with Gasteiger partial charge in [-0.15, -0.1) is 0 Å². The average molecular weight is 385 g/mol. The third kappa shape index (κ3) is 6.23. The predicted octanol–water partition coefficient (Wildman–Crippen LogP) is 2.18. The highest BCUT2D eigenvalue weighted by molar-refractivity contribution is 7.88. The number of para-hydroxylation sites is 1. The smallest absolute Gasteiger partial charge is 0.209 e. The third-order valence-electron chi connectivity index (χ3n) is 4.66. The van der Waals surface area contributed by atoms with Gasteiger partial charge in [-0.3, -0.25) is 4.90 Å². The summed E-state index contributed by atoms with van der Waals surface area (Å²) >= 11 is 0. The molecular formula is C19H32N2O4S. The maximum Gasteiger partial charge on any atom is 0.209 e. The second-order valence-corrected chi connectivity index (χ2v) is 9.54. The van der Waals surface area contributed by atoms with Crippen molar-refractivity contribution in [2.24, 2.45) is 0 Å². The van der Waals surface area contributed by atoms with E-state index in [2.05, 4.69) is 23.5 Å². The zero-order valence-corrected chi connectivity index (χ0v) is 17.3. The molecule has 148 valence electrons. The molecule has 0 aliphatic carbocycles. The van der Waals surface area contributed by atoms with Gasteiger partial charge in [0.15, 0.2) is 0 Å². The lowest BCUT2D eigenvalue weighted by Gasteiger charge is -2.44. The second kappa shape index (κ2) is 8.69. The second-order valence-electron chi connectivity index (χ2n) is 7.76. The highest BCUT2D eigenvalue weighted by Crippen LogP contribution is 2.26. The molecule has 1 saturated heterocycles. The molecule has 1 aromatic carbocycles. The van der Waals surface area contributed by atoms with Crippen molar-refractivity contribution in [3.63, 3.8) is 0 Å². The van der Waals surface area contributed by atoms with Gasteiger partial charge in [0.25, 0.3) is 0 Å². The number of rotatable bonds is 8. The fourth-order valence-corrected chi connectivity index (χ4v) is 4.44. The van der Waals surface area contributed by atoms with Crippen LogP contribution < -0.4 is 9.46 Å². The molecule has 26 heavy (non-hydrogen) atoms. The molecule has 1 heterocycles. The summed E-state index contributed by atoms with van der Waals surface area (Å²) < 4.78 is 37.9. The molecule has 1 aliphatic rings. The first-order valence-electron chi connectivity index (χ1n) is 9.06. The van der Waals surface area contributed by atoms with Gasteiger partial charge < -0.3 is 9.47 Å². The van der Waals surface area contributed by atoms with Crippen molar-refractivity contribution in [3.8, 4) is 5.75 Å². The summed E-state index contributed by atoms with van der Waals surface area (Å²) in [5.41, 5.74) is 0.690. The van der Waals surface area contributed by atoms with Crippen LogP contribution in [0.4, 0.5) is 0 Å². The number of nitrogens with one attached hydrogen (secondary N) is 1. The first-order valence-corrected chi connectivity index (χ1v) is 11.0. The van der Waals surface area contributed by atoms with Crippen LogP contribution in [-0.2, 0) is 14.8 Å². The Hall–Kier alpha value is -1.15. The monoisotopic (exact) mass is 384 g/mol. The van der Waals surface area contributed by atoms with E-state index in [0.29, 0.717) is 13.2 Å². The Labute approximate surface area is 157 Å². The summed E-state index contributed by atoms with van der Waals surface area (Å²) in [4.78, 5) is 2.29. The van der Waals surface area contributed by atoms with Gasteiger partial charge in [0.05, 0.1) is 12.9 Å². The van der Waals surface area contributed by atoms with Crippen molar-refractivity contribution in [2.75, 3.05) is 33.1 Å². The van der Waals surface area contributed by atoms with Crippen LogP contribution in [0, 0.1) is 6.92 Å². The fourth-order valence-electron chi connectivity index (χ4n) is 3.62. The molecular weight excluding hydrogens is 352 g/mol. The van der Waals surface area contributed by atoms with Crippen molar-refractivity contribution in [3.05, 3.63) is 29.8 Å². The molecule has 0 saturated carbocycles. The van der Waals surface area contributed by atoms with E-state index in [9.17, 15) is 8.42 Å². The number of nitrogens with zero attached hydrogens (tertiary/aromatic N) is 1. The standard InChI is InChI=1S/C19H32N2O4S/c1-15-9-6-7-11-18(15)25-19(2,3)14-21-12-8-10-16(17(21)13-24-4)20-26(5,22)23/h6-7,9,11,16-17,20H,8,10,12-14H2,1-5H3/t16-,17-/m0/s1. The number of aryl methyl sites for hydroxylation is 1. The zero-order chi connectivity index (χ0) is 19.4. The van der Waals surface area contributed by atoms with Crippen LogP contribution in [-0.4, -0.2) is 64.1 Å². The zero-order valence-electron chi connectivity index (χ0n) is 16.5. The minimum absolute atomic E-state index is 0.0109. The van der Waals surface area contributed by atoms with E-state index in [0.717, 1.165) is 30.7 Å². The third-order valence-corrected chi connectivity index (χ3v) is 5.39. The number of sulfonamides is 1. The van der Waals surface area contributed by atoms with Crippen molar-refractivity contribution < 1.29 is 17.9 Å². The largest absolute Gasteiger partial charge is 0.486 e. The van der Waals surface area contributed by atoms with Crippen LogP contribution in [0.15, 0.2) is 24.3 Å². The summed E-state index contributed by atoms with van der Waals surface area (Å²) in [6, 6.07) is 7.82. The van der Waals surface area contributed by atoms with Crippen LogP contribution in [0.1, 0.15) is 32.3 Å². The van der Waals surface area contributed by atoms with E-state index in [1.54, 1.807) is 7.11 Å². The Morgan fingerprint density at radius 2 is 2.00 bits per heavy atom. The van der Waals surface area contributed by atoms with Crippen molar-refractivity contribution in [2.45, 2.75) is 51.3 Å². The molecule has 1 N–H and O–H groups in total. The maximum atomic E-state index is 11.7. The Morgan fingerprint density at radius 3 is 2.62 bits per heavy atom. The van der Waals surface area contributed by atoms with E-state index in [1.165, 1.54) is 6.26 Å². The lowest BCUT2D eigenvalue weighted by Crippen LogP contribution is -2.60. The predicted molar refractivity (Wildman–Crippen MR) is 104 cm³/mol. The molecule has 0 spiro atoms. The van der Waals surface area contributed by atoms with E-state index in [4.69, 9.17) is 9.47 Å². The molecule has 0 amide bonds. The Kier molecular flexibility index (Phi) is 7.07. The van der Waals surface area contributed by atoms with Gasteiger partial charge in [-0.2, -0.15) is 0 Å². The van der Waals surface area contributed by atoms with Gasteiger partial charge in [0, 0.05) is 25.7 Å². The minimum Gasteiger partial charge on any atom is -0.486 e. The summed E-state index contributed by atoms with van der Waals surface area (Å²) in [6.45, 7) is 8.24. The number of piperidine rings is 1. The first-order chi connectivity index (χ1) is 12.1. The van der Waals surface area contributed by atoms with Crippen LogP contribution >= 0.6 is 0 Å². The molecule has 7 heteroatoms. The molecule has 1 fully saturated rings. The highest BCUT2D eigenvalue weighted by Gasteiger charge is 2.36. The van der Waals surface area contributed by atoms with Crippen molar-refractivity contribution in [1.82, 2.24) is 9.62 Å². The van der Waals surface area contributed by atoms with Crippen LogP contribution in [0.25, 0.3) is 0 Å². The number of hydrogen-bond donors (Lipinski definition) is 1. The van der Waals surface area contributed by atoms with E-state index < -0.39 is 15.6 Å². The molecule has 0 radical (unpaired) electrons. The first kappa shape index (κ1) is 21.2. The van der Waals surface area contributed by atoms with Gasteiger partial charge in [-0.1, -0.05) is 18.2 Å². The molecule has 1 aliphatic heterocycles. The summed E-state index contributed by atoms with van der Waals surface area (Å²) in [6.07, 6.45) is 2.96. The number of likely N-dealkylation sites (tertiary alicyclic amines) is 1. The van der Waals surface area contributed by atoms with Crippen molar-refractivity contribution in [1.29, 1.82) is 0 Å². The maximum absolute atomic E-state index is 11.7. The molecule has 0 aromatic heterocycles. The van der Waals surface area contributed by atoms with Crippen molar-refractivity contribution >= 4 is 10.0 Å². The number of ether oxygens (including phenoxy) is 2. The van der Waals surface area contributed by atoms with Crippen LogP contribution in [0.5, 0.6) is 5.75 Å². The van der Waals surface area contributed by atoms with Gasteiger partial charge in [-0.05, 0) is 51.8 Å². The Balaban J connectivity index is 2.12. The van der Waals surface area contributed by atoms with Crippen LogP contribution in [0.3, 0.4) is 0 Å². The molecule has 2 atom stereocenters. The van der Waals surface area contributed by atoms with E-state index in [-0.39, 0.29) is 12.1 Å². The SMILES string of the molecule is COC[C@H]1[C@@H](NS(C)(=O)=O)CCCN1CC(C)(C)Oc1ccccc1C. The number of hydrogen-bond acceptors (Lipinski definition) is 5. The molecule has 6 nitrogen and oxygen atoms in total. The average Bonchev–Trinajstić information content (AvgIpc) is 2.51. The number of benzene rings is 1.